The number of hydrogen-bond acceptors (Lipinski definition) is 7. The molecule has 1 fully saturated rings. The molecule has 1 aliphatic rings. The largest absolute Gasteiger partial charge is 0.308 e. The van der Waals surface area contributed by atoms with Gasteiger partial charge in [0.25, 0.3) is 10.0 Å². The predicted octanol–water partition coefficient (Wildman–Crippen LogP) is 4.11. The van der Waals surface area contributed by atoms with Gasteiger partial charge < -0.3 is 4.90 Å². The molecule has 1 atom stereocenters. The summed E-state index contributed by atoms with van der Waals surface area (Å²) < 4.78 is 29.5. The van der Waals surface area contributed by atoms with Crippen LogP contribution in [0.4, 0.5) is 5.13 Å². The number of aromatic nitrogens is 1. The third-order valence-electron chi connectivity index (χ3n) is 6.00. The van der Waals surface area contributed by atoms with Crippen LogP contribution in [0.1, 0.15) is 30.4 Å². The molecule has 33 heavy (non-hydrogen) atoms. The minimum Gasteiger partial charge on any atom is -0.308 e. The van der Waals surface area contributed by atoms with Gasteiger partial charge in [0, 0.05) is 19.6 Å². The summed E-state index contributed by atoms with van der Waals surface area (Å²) in [5.74, 6) is -0.189. The van der Waals surface area contributed by atoms with Crippen LogP contribution >= 0.6 is 22.7 Å². The molecule has 0 N–H and O–H groups in total. The first kappa shape index (κ1) is 24.3. The highest BCUT2D eigenvalue weighted by molar-refractivity contribution is 7.91. The van der Waals surface area contributed by atoms with Crippen LogP contribution in [-0.2, 0) is 14.8 Å². The number of thiophene rings is 1. The van der Waals surface area contributed by atoms with E-state index in [2.05, 4.69) is 6.07 Å². The number of rotatable bonds is 7. The van der Waals surface area contributed by atoms with E-state index < -0.39 is 16.1 Å². The summed E-state index contributed by atoms with van der Waals surface area (Å²) >= 11 is 2.70. The van der Waals surface area contributed by atoms with Crippen molar-refractivity contribution in [1.82, 2.24) is 14.2 Å². The number of hydrogen-bond donors (Lipinski definition) is 0. The van der Waals surface area contributed by atoms with Gasteiger partial charge in [-0.3, -0.25) is 9.69 Å². The fraction of sp³-hybridized carbons (Fsp3) is 0.478. The number of thiazole rings is 1. The number of likely N-dealkylation sites (N-methyl/N-ethyl adjacent to an activating group) is 1. The van der Waals surface area contributed by atoms with Crippen LogP contribution < -0.4 is 4.90 Å². The van der Waals surface area contributed by atoms with E-state index in [1.807, 2.05) is 38.9 Å². The van der Waals surface area contributed by atoms with Crippen molar-refractivity contribution in [1.29, 1.82) is 0 Å². The maximum atomic E-state index is 14.0. The Bertz CT molecular complexity index is 1200. The Morgan fingerprint density at radius 3 is 2.58 bits per heavy atom. The van der Waals surface area contributed by atoms with Crippen LogP contribution in [0.3, 0.4) is 0 Å². The molecule has 0 spiro atoms. The minimum atomic E-state index is -3.72. The number of sulfonamides is 1. The predicted molar refractivity (Wildman–Crippen MR) is 136 cm³/mol. The summed E-state index contributed by atoms with van der Waals surface area (Å²) in [4.78, 5) is 22.5. The first-order chi connectivity index (χ1) is 15.7. The van der Waals surface area contributed by atoms with Gasteiger partial charge in [-0.2, -0.15) is 4.31 Å². The number of carbonyl (C=O) groups excluding carboxylic acids is 1. The molecule has 2 aromatic heterocycles. The molecule has 3 heterocycles. The van der Waals surface area contributed by atoms with Gasteiger partial charge in [0.1, 0.15) is 10.3 Å². The van der Waals surface area contributed by atoms with Gasteiger partial charge in [0.15, 0.2) is 5.13 Å². The molecule has 1 aliphatic heterocycles. The number of nitrogens with zero attached hydrogens (tertiary/aromatic N) is 4. The molecule has 1 saturated heterocycles. The molecular weight excluding hydrogens is 476 g/mol. The summed E-state index contributed by atoms with van der Waals surface area (Å²) in [6, 6.07) is 6.74. The molecule has 1 amide bonds. The number of aryl methyl sites for hydroxylation is 2. The number of anilines is 1. The average molecular weight is 507 g/mol. The standard InChI is InChI=1S/C23H30N4O3S3/c1-16-10-11-17(2)21-20(16)24-23(32-21)26(14-13-25(3)4)22(28)18-8-5-6-12-27(18)33(29,30)19-9-7-15-31-19/h7,9-11,15,18H,5-6,8,12-14H2,1-4H3. The van der Waals surface area contributed by atoms with Gasteiger partial charge in [-0.1, -0.05) is 36.0 Å². The lowest BCUT2D eigenvalue weighted by Gasteiger charge is -2.36. The van der Waals surface area contributed by atoms with E-state index in [1.165, 1.54) is 27.0 Å². The Kier molecular flexibility index (Phi) is 7.20. The number of carbonyl (C=O) groups is 1. The van der Waals surface area contributed by atoms with Crippen molar-refractivity contribution < 1.29 is 13.2 Å². The second-order valence-corrected chi connectivity index (χ2v) is 12.8. The molecule has 178 valence electrons. The topological polar surface area (TPSA) is 73.8 Å². The zero-order chi connectivity index (χ0) is 23.8. The molecule has 4 rings (SSSR count). The first-order valence-corrected chi connectivity index (χ1v) is 14.2. The van der Waals surface area contributed by atoms with Crippen LogP contribution in [0.15, 0.2) is 33.9 Å². The molecule has 0 aliphatic carbocycles. The van der Waals surface area contributed by atoms with Gasteiger partial charge in [-0.15, -0.1) is 11.3 Å². The fourth-order valence-corrected chi connectivity index (χ4v) is 8.02. The summed E-state index contributed by atoms with van der Waals surface area (Å²) in [5, 5.41) is 2.39. The Hall–Kier alpha value is -1.85. The fourth-order valence-electron chi connectivity index (χ4n) is 4.11. The molecule has 0 saturated carbocycles. The highest BCUT2D eigenvalue weighted by Gasteiger charge is 2.40. The lowest BCUT2D eigenvalue weighted by Crippen LogP contribution is -2.53. The first-order valence-electron chi connectivity index (χ1n) is 11.1. The summed E-state index contributed by atoms with van der Waals surface area (Å²) in [7, 11) is 0.203. The van der Waals surface area contributed by atoms with Crippen LogP contribution in [0.5, 0.6) is 0 Å². The van der Waals surface area contributed by atoms with Crippen molar-refractivity contribution in [2.45, 2.75) is 43.4 Å². The van der Waals surface area contributed by atoms with Gasteiger partial charge >= 0.3 is 0 Å². The Morgan fingerprint density at radius 1 is 1.15 bits per heavy atom. The average Bonchev–Trinajstić information content (AvgIpc) is 3.48. The third kappa shape index (κ3) is 4.85. The molecular formula is C23H30N4O3S3. The minimum absolute atomic E-state index is 0.189. The van der Waals surface area contributed by atoms with Gasteiger partial charge in [-0.05, 0) is 63.4 Å². The van der Waals surface area contributed by atoms with Crippen molar-refractivity contribution in [3.05, 3.63) is 40.8 Å². The molecule has 7 nitrogen and oxygen atoms in total. The maximum Gasteiger partial charge on any atom is 0.253 e. The van der Waals surface area contributed by atoms with E-state index in [9.17, 15) is 13.2 Å². The van der Waals surface area contributed by atoms with Crippen molar-refractivity contribution in [3.8, 4) is 0 Å². The monoisotopic (exact) mass is 506 g/mol. The van der Waals surface area contributed by atoms with Crippen LogP contribution in [0, 0.1) is 13.8 Å². The maximum absolute atomic E-state index is 14.0. The van der Waals surface area contributed by atoms with Crippen molar-refractivity contribution in [2.24, 2.45) is 0 Å². The summed E-state index contributed by atoms with van der Waals surface area (Å²) in [6.07, 6.45) is 2.10. The van der Waals surface area contributed by atoms with E-state index in [4.69, 9.17) is 4.98 Å². The number of fused-ring (bicyclic) bond motifs is 1. The van der Waals surface area contributed by atoms with Crippen molar-refractivity contribution >= 4 is 54.0 Å². The van der Waals surface area contributed by atoms with E-state index in [1.54, 1.807) is 22.4 Å². The highest BCUT2D eigenvalue weighted by atomic mass is 32.2. The molecule has 0 bridgehead atoms. The van der Waals surface area contributed by atoms with Crippen molar-refractivity contribution in [3.63, 3.8) is 0 Å². The van der Waals surface area contributed by atoms with Crippen LogP contribution in [-0.4, -0.2) is 68.3 Å². The molecule has 1 aromatic carbocycles. The normalized spacial score (nSPS) is 17.7. The number of benzene rings is 1. The van der Waals surface area contributed by atoms with Gasteiger partial charge in [0.2, 0.25) is 5.91 Å². The van der Waals surface area contributed by atoms with E-state index in [-0.39, 0.29) is 10.1 Å². The highest BCUT2D eigenvalue weighted by Crippen LogP contribution is 2.35. The molecule has 10 heteroatoms. The van der Waals surface area contributed by atoms with E-state index >= 15 is 0 Å². The number of amides is 1. The smallest absolute Gasteiger partial charge is 0.253 e. The second kappa shape index (κ2) is 9.79. The Labute approximate surface area is 203 Å². The quantitative estimate of drug-likeness (QED) is 0.482. The zero-order valence-electron chi connectivity index (χ0n) is 19.4. The van der Waals surface area contributed by atoms with E-state index in [0.29, 0.717) is 31.2 Å². The van der Waals surface area contributed by atoms with Crippen LogP contribution in [0.25, 0.3) is 10.2 Å². The SMILES string of the molecule is Cc1ccc(C)c2sc(N(CCN(C)C)C(=O)C3CCCCN3S(=O)(=O)c3cccs3)nc12. The number of piperidine rings is 1. The summed E-state index contributed by atoms with van der Waals surface area (Å²) in [6.45, 7) is 5.54. The van der Waals surface area contributed by atoms with Crippen LogP contribution in [0.2, 0.25) is 0 Å². The molecule has 1 unspecified atom stereocenters. The van der Waals surface area contributed by atoms with E-state index in [0.717, 1.165) is 34.2 Å². The third-order valence-corrected chi connectivity index (χ3v) is 10.5. The Balaban J connectivity index is 1.73. The van der Waals surface area contributed by atoms with Crippen molar-refractivity contribution in [2.75, 3.05) is 38.6 Å². The lowest BCUT2D eigenvalue weighted by molar-refractivity contribution is -0.123. The van der Waals surface area contributed by atoms with Gasteiger partial charge in [0.05, 0.1) is 10.2 Å². The second-order valence-electron chi connectivity index (χ2n) is 8.73. The zero-order valence-corrected chi connectivity index (χ0v) is 21.9. The Morgan fingerprint density at radius 2 is 1.91 bits per heavy atom. The molecule has 0 radical (unpaired) electrons. The lowest BCUT2D eigenvalue weighted by atomic mass is 10.0. The van der Waals surface area contributed by atoms with Gasteiger partial charge in [-0.25, -0.2) is 13.4 Å². The molecule has 3 aromatic rings. The summed E-state index contributed by atoms with van der Waals surface area (Å²) in [5.41, 5.74) is 3.10.